The number of para-hydroxylation sites is 1. The topological polar surface area (TPSA) is 54.4 Å². The number of thioether (sulfide) groups is 1. The summed E-state index contributed by atoms with van der Waals surface area (Å²) in [7, 11) is 0. The molecule has 0 bridgehead atoms. The summed E-state index contributed by atoms with van der Waals surface area (Å²) in [5.74, 6) is 0.579. The summed E-state index contributed by atoms with van der Waals surface area (Å²) >= 11 is 1.14. The number of amides is 1. The Morgan fingerprint density at radius 2 is 2.00 bits per heavy atom. The number of hydrogen-bond acceptors (Lipinski definition) is 4. The molecule has 2 aromatic rings. The van der Waals surface area contributed by atoms with E-state index in [1.54, 1.807) is 12.4 Å². The number of carbonyl (C=O) groups excluding carboxylic acids is 1. The van der Waals surface area contributed by atoms with Gasteiger partial charge in [-0.05, 0) is 41.6 Å². The lowest BCUT2D eigenvalue weighted by molar-refractivity contribution is 0.265. The number of benzene rings is 1. The molecule has 3 rings (SSSR count). The average molecular weight is 281 g/mol. The number of aliphatic imine (C=N–C) groups is 1. The van der Waals surface area contributed by atoms with E-state index < -0.39 is 0 Å². The van der Waals surface area contributed by atoms with Gasteiger partial charge in [-0.1, -0.05) is 24.3 Å². The smallest absolute Gasteiger partial charge is 0.289 e. The quantitative estimate of drug-likeness (QED) is 0.915. The van der Waals surface area contributed by atoms with Crippen molar-refractivity contribution in [2.45, 2.75) is 0 Å². The van der Waals surface area contributed by atoms with Crippen molar-refractivity contribution >= 4 is 34.6 Å². The van der Waals surface area contributed by atoms with Crippen molar-refractivity contribution in [3.63, 3.8) is 0 Å². The Morgan fingerprint density at radius 3 is 2.75 bits per heavy atom. The molecule has 98 valence electrons. The first-order chi connectivity index (χ1) is 9.81. The zero-order valence-electron chi connectivity index (χ0n) is 10.5. The fourth-order valence-electron chi connectivity index (χ4n) is 1.76. The third-order valence-corrected chi connectivity index (χ3v) is 3.45. The minimum absolute atomic E-state index is 0.116. The maximum atomic E-state index is 11.6. The third-order valence-electron chi connectivity index (χ3n) is 2.64. The van der Waals surface area contributed by atoms with Gasteiger partial charge in [0.1, 0.15) is 5.84 Å². The van der Waals surface area contributed by atoms with E-state index in [1.807, 2.05) is 48.5 Å². The van der Waals surface area contributed by atoms with Gasteiger partial charge < -0.3 is 5.32 Å². The summed E-state index contributed by atoms with van der Waals surface area (Å²) in [5.41, 5.74) is 1.75. The molecule has 1 aliphatic rings. The van der Waals surface area contributed by atoms with E-state index in [2.05, 4.69) is 15.3 Å². The van der Waals surface area contributed by atoms with E-state index in [1.165, 1.54) is 0 Å². The highest BCUT2D eigenvalue weighted by Crippen LogP contribution is 2.28. The molecule has 2 heterocycles. The molecule has 0 saturated carbocycles. The molecular weight excluding hydrogens is 270 g/mol. The van der Waals surface area contributed by atoms with Crippen LogP contribution in [0.25, 0.3) is 6.08 Å². The van der Waals surface area contributed by atoms with Gasteiger partial charge in [-0.3, -0.25) is 9.78 Å². The Kier molecular flexibility index (Phi) is 3.60. The first-order valence-electron chi connectivity index (χ1n) is 6.06. The molecule has 20 heavy (non-hydrogen) atoms. The first-order valence-corrected chi connectivity index (χ1v) is 6.87. The molecule has 5 heteroatoms. The molecule has 1 aromatic carbocycles. The highest BCUT2D eigenvalue weighted by Gasteiger charge is 2.23. The van der Waals surface area contributed by atoms with Gasteiger partial charge in [0.05, 0.1) is 10.6 Å². The Bertz CT molecular complexity index is 621. The number of rotatable bonds is 2. The van der Waals surface area contributed by atoms with Gasteiger partial charge in [-0.15, -0.1) is 0 Å². The molecule has 1 aromatic heterocycles. The Morgan fingerprint density at radius 1 is 1.15 bits per heavy atom. The zero-order chi connectivity index (χ0) is 13.8. The lowest BCUT2D eigenvalue weighted by Crippen LogP contribution is -2.18. The van der Waals surface area contributed by atoms with Crippen LogP contribution in [0.1, 0.15) is 5.56 Å². The normalized spacial score (nSPS) is 18.5. The second-order valence-electron chi connectivity index (χ2n) is 4.11. The van der Waals surface area contributed by atoms with Crippen LogP contribution in [0, 0.1) is 0 Å². The number of aromatic nitrogens is 1. The number of amidine groups is 1. The largest absolute Gasteiger partial charge is 0.300 e. The molecule has 1 N–H and O–H groups in total. The van der Waals surface area contributed by atoms with E-state index in [0.29, 0.717) is 5.84 Å². The van der Waals surface area contributed by atoms with Crippen LogP contribution in [0.5, 0.6) is 0 Å². The molecule has 0 spiro atoms. The molecule has 0 aliphatic carbocycles. The monoisotopic (exact) mass is 281 g/mol. The summed E-state index contributed by atoms with van der Waals surface area (Å²) in [4.78, 5) is 20.9. The third kappa shape index (κ3) is 2.95. The predicted molar refractivity (Wildman–Crippen MR) is 81.9 cm³/mol. The Hall–Kier alpha value is -2.40. The fraction of sp³-hybridized carbons (Fsp3) is 0. The minimum atomic E-state index is -0.116. The van der Waals surface area contributed by atoms with Gasteiger partial charge >= 0.3 is 0 Å². The highest BCUT2D eigenvalue weighted by molar-refractivity contribution is 8.18. The predicted octanol–water partition coefficient (Wildman–Crippen LogP) is 3.61. The highest BCUT2D eigenvalue weighted by atomic mass is 32.2. The molecule has 4 nitrogen and oxygen atoms in total. The van der Waals surface area contributed by atoms with Crippen molar-refractivity contribution < 1.29 is 4.79 Å². The number of nitrogens with zero attached hydrogens (tertiary/aromatic N) is 2. The van der Waals surface area contributed by atoms with Gasteiger partial charge in [-0.2, -0.15) is 0 Å². The summed E-state index contributed by atoms with van der Waals surface area (Å²) < 4.78 is 0. The Balaban J connectivity index is 1.95. The van der Waals surface area contributed by atoms with Gasteiger partial charge in [0.15, 0.2) is 0 Å². The van der Waals surface area contributed by atoms with Crippen molar-refractivity contribution in [2.75, 3.05) is 0 Å². The SMILES string of the molecule is O=C1NC(=Nc2ccccc2)C(=Cc2cccnc2)S1. The lowest BCUT2D eigenvalue weighted by Gasteiger charge is -1.99. The molecule has 0 radical (unpaired) electrons. The van der Waals surface area contributed by atoms with E-state index >= 15 is 0 Å². The van der Waals surface area contributed by atoms with Crippen molar-refractivity contribution in [2.24, 2.45) is 4.99 Å². The van der Waals surface area contributed by atoms with Crippen molar-refractivity contribution in [3.05, 3.63) is 65.3 Å². The van der Waals surface area contributed by atoms with Gasteiger partial charge in [0, 0.05) is 12.4 Å². The molecule has 1 saturated heterocycles. The van der Waals surface area contributed by atoms with Crippen LogP contribution in [-0.4, -0.2) is 16.1 Å². The zero-order valence-corrected chi connectivity index (χ0v) is 11.3. The van der Waals surface area contributed by atoms with Crippen LogP contribution in [0.2, 0.25) is 0 Å². The van der Waals surface area contributed by atoms with Crippen LogP contribution in [-0.2, 0) is 0 Å². The van der Waals surface area contributed by atoms with E-state index in [0.717, 1.165) is 27.9 Å². The fourth-order valence-corrected chi connectivity index (χ4v) is 2.49. The molecular formula is C15H11N3OS. The first kappa shape index (κ1) is 12.6. The van der Waals surface area contributed by atoms with Crippen LogP contribution < -0.4 is 5.32 Å². The van der Waals surface area contributed by atoms with Gasteiger partial charge in [-0.25, -0.2) is 4.99 Å². The number of hydrogen-bond donors (Lipinski definition) is 1. The molecule has 0 atom stereocenters. The maximum Gasteiger partial charge on any atom is 0.289 e. The van der Waals surface area contributed by atoms with Crippen molar-refractivity contribution in [1.82, 2.24) is 10.3 Å². The Labute approximate surface area is 120 Å². The second kappa shape index (κ2) is 5.71. The molecule has 1 amide bonds. The van der Waals surface area contributed by atoms with Crippen molar-refractivity contribution in [1.29, 1.82) is 0 Å². The summed E-state index contributed by atoms with van der Waals surface area (Å²) in [6.45, 7) is 0. The van der Waals surface area contributed by atoms with Gasteiger partial charge in [0.25, 0.3) is 5.24 Å². The van der Waals surface area contributed by atoms with Crippen molar-refractivity contribution in [3.8, 4) is 0 Å². The van der Waals surface area contributed by atoms with Gasteiger partial charge in [0.2, 0.25) is 0 Å². The van der Waals surface area contributed by atoms with Crippen LogP contribution in [0.15, 0.2) is 64.8 Å². The molecule has 0 unspecified atom stereocenters. The standard InChI is InChI=1S/C15H11N3OS/c19-15-18-14(17-12-6-2-1-3-7-12)13(20-15)9-11-5-4-8-16-10-11/h1-10H,(H,17,18,19). The maximum absolute atomic E-state index is 11.6. The lowest BCUT2D eigenvalue weighted by atomic mass is 10.2. The number of carbonyl (C=O) groups is 1. The number of nitrogens with one attached hydrogen (secondary N) is 1. The molecule has 1 aliphatic heterocycles. The van der Waals surface area contributed by atoms with E-state index in [9.17, 15) is 4.79 Å². The van der Waals surface area contributed by atoms with Crippen LogP contribution in [0.3, 0.4) is 0 Å². The summed E-state index contributed by atoms with van der Waals surface area (Å²) in [6.07, 6.45) is 5.36. The summed E-state index contributed by atoms with van der Waals surface area (Å²) in [6, 6.07) is 13.3. The summed E-state index contributed by atoms with van der Waals surface area (Å²) in [5, 5.41) is 2.64. The second-order valence-corrected chi connectivity index (χ2v) is 5.12. The van der Waals surface area contributed by atoms with Crippen LogP contribution >= 0.6 is 11.8 Å². The average Bonchev–Trinajstić information content (AvgIpc) is 2.81. The van der Waals surface area contributed by atoms with E-state index in [-0.39, 0.29) is 5.24 Å². The van der Waals surface area contributed by atoms with Crippen LogP contribution in [0.4, 0.5) is 10.5 Å². The molecule has 1 fully saturated rings. The van der Waals surface area contributed by atoms with E-state index in [4.69, 9.17) is 0 Å². The number of pyridine rings is 1. The minimum Gasteiger partial charge on any atom is -0.300 e.